The Morgan fingerprint density at radius 2 is 1.75 bits per heavy atom. The molecule has 1 aliphatic rings. The minimum absolute atomic E-state index is 0.0763. The molecule has 28 heavy (non-hydrogen) atoms. The van der Waals surface area contributed by atoms with Crippen LogP contribution in [0.3, 0.4) is 0 Å². The lowest BCUT2D eigenvalue weighted by Gasteiger charge is -2.25. The lowest BCUT2D eigenvalue weighted by molar-refractivity contribution is 0.0758. The lowest BCUT2D eigenvalue weighted by atomic mass is 10.1. The van der Waals surface area contributed by atoms with Gasteiger partial charge in [0.25, 0.3) is 5.91 Å². The van der Waals surface area contributed by atoms with E-state index >= 15 is 0 Å². The molecule has 1 saturated heterocycles. The van der Waals surface area contributed by atoms with Gasteiger partial charge in [-0.05, 0) is 36.4 Å². The third kappa shape index (κ3) is 4.00. The van der Waals surface area contributed by atoms with E-state index in [1.165, 1.54) is 0 Å². The normalized spacial score (nSPS) is 16.2. The second-order valence-electron chi connectivity index (χ2n) is 6.30. The zero-order chi connectivity index (χ0) is 19.5. The molecule has 4 rings (SSSR count). The van der Waals surface area contributed by atoms with Crippen molar-refractivity contribution in [2.75, 3.05) is 12.3 Å². The molecule has 1 fully saturated rings. The van der Waals surface area contributed by atoms with Gasteiger partial charge in [-0.25, -0.2) is 0 Å². The molecule has 1 heterocycles. The van der Waals surface area contributed by atoms with E-state index in [4.69, 9.17) is 27.9 Å². The molecule has 1 atom stereocenters. The first-order valence-electron chi connectivity index (χ1n) is 8.83. The summed E-state index contributed by atoms with van der Waals surface area (Å²) in [4.78, 5) is 15.2. The molecular weight excluding hydrogens is 413 g/mol. The van der Waals surface area contributed by atoms with Crippen LogP contribution in [0.15, 0.2) is 72.8 Å². The molecule has 1 unspecified atom stereocenters. The van der Waals surface area contributed by atoms with Crippen molar-refractivity contribution in [2.45, 2.75) is 5.37 Å². The van der Waals surface area contributed by atoms with Gasteiger partial charge >= 0.3 is 0 Å². The van der Waals surface area contributed by atoms with Gasteiger partial charge in [-0.2, -0.15) is 0 Å². The molecular formula is C22H17Cl2NO2S. The van der Waals surface area contributed by atoms with Gasteiger partial charge in [-0.3, -0.25) is 4.79 Å². The summed E-state index contributed by atoms with van der Waals surface area (Å²) >= 11 is 14.1. The number of carbonyl (C=O) groups is 1. The van der Waals surface area contributed by atoms with Gasteiger partial charge in [0.1, 0.15) is 16.9 Å². The SMILES string of the molecule is O=C(c1ccccc1Oc1ccccc1)N1CCSC1c1ccc(Cl)cc1Cl. The number of benzene rings is 3. The summed E-state index contributed by atoms with van der Waals surface area (Å²) in [5.41, 5.74) is 1.42. The second-order valence-corrected chi connectivity index (χ2v) is 8.33. The van der Waals surface area contributed by atoms with Crippen LogP contribution in [0, 0.1) is 0 Å². The fourth-order valence-electron chi connectivity index (χ4n) is 3.14. The quantitative estimate of drug-likeness (QED) is 0.463. The number of rotatable bonds is 4. The van der Waals surface area contributed by atoms with Crippen molar-refractivity contribution < 1.29 is 9.53 Å². The highest BCUT2D eigenvalue weighted by Crippen LogP contribution is 2.43. The van der Waals surface area contributed by atoms with Gasteiger partial charge in [0.15, 0.2) is 0 Å². The fraction of sp³-hybridized carbons (Fsp3) is 0.136. The number of halogens is 2. The Labute approximate surface area is 178 Å². The van der Waals surface area contributed by atoms with Gasteiger partial charge < -0.3 is 9.64 Å². The Morgan fingerprint density at radius 3 is 2.54 bits per heavy atom. The van der Waals surface area contributed by atoms with E-state index in [-0.39, 0.29) is 11.3 Å². The highest BCUT2D eigenvalue weighted by molar-refractivity contribution is 7.99. The molecule has 1 amide bonds. The molecule has 6 heteroatoms. The van der Waals surface area contributed by atoms with Gasteiger partial charge in [0.2, 0.25) is 0 Å². The molecule has 0 spiro atoms. The molecule has 0 saturated carbocycles. The number of carbonyl (C=O) groups excluding carboxylic acids is 1. The summed E-state index contributed by atoms with van der Waals surface area (Å²) in [5.74, 6) is 2.00. The van der Waals surface area contributed by atoms with Crippen LogP contribution in [0.1, 0.15) is 21.3 Å². The van der Waals surface area contributed by atoms with Gasteiger partial charge in [0.05, 0.1) is 5.56 Å². The summed E-state index contributed by atoms with van der Waals surface area (Å²) in [6.07, 6.45) is 0. The molecule has 1 aliphatic heterocycles. The van der Waals surface area contributed by atoms with E-state index in [2.05, 4.69) is 0 Å². The van der Waals surface area contributed by atoms with Crippen LogP contribution in [-0.2, 0) is 0 Å². The average molecular weight is 430 g/mol. The monoisotopic (exact) mass is 429 g/mol. The van der Waals surface area contributed by atoms with Crippen LogP contribution in [0.4, 0.5) is 0 Å². The molecule has 3 aromatic rings. The van der Waals surface area contributed by atoms with Gasteiger partial charge in [0, 0.05) is 27.9 Å². The van der Waals surface area contributed by atoms with Crippen molar-refractivity contribution in [2.24, 2.45) is 0 Å². The summed E-state index contributed by atoms with van der Waals surface area (Å²) in [6.45, 7) is 0.646. The minimum atomic E-state index is -0.151. The number of para-hydroxylation sites is 2. The van der Waals surface area contributed by atoms with Crippen molar-refractivity contribution in [1.82, 2.24) is 4.90 Å². The van der Waals surface area contributed by atoms with E-state index < -0.39 is 0 Å². The number of thioether (sulfide) groups is 1. The average Bonchev–Trinajstić information content (AvgIpc) is 3.18. The maximum atomic E-state index is 13.4. The molecule has 0 radical (unpaired) electrons. The van der Waals surface area contributed by atoms with E-state index in [1.807, 2.05) is 59.5 Å². The van der Waals surface area contributed by atoms with Crippen LogP contribution < -0.4 is 4.74 Å². The highest BCUT2D eigenvalue weighted by atomic mass is 35.5. The van der Waals surface area contributed by atoms with E-state index in [0.717, 1.165) is 11.3 Å². The first-order chi connectivity index (χ1) is 13.6. The number of hydrogen-bond donors (Lipinski definition) is 0. The van der Waals surface area contributed by atoms with Crippen molar-refractivity contribution in [3.05, 3.63) is 94.0 Å². The maximum Gasteiger partial charge on any atom is 0.258 e. The Balaban J connectivity index is 1.64. The Bertz CT molecular complexity index is 997. The van der Waals surface area contributed by atoms with Gasteiger partial charge in [-0.15, -0.1) is 11.8 Å². The first kappa shape index (κ1) is 19.2. The third-order valence-corrected chi connectivity index (χ3v) is 6.27. The maximum absolute atomic E-state index is 13.4. The molecule has 3 aromatic carbocycles. The Hall–Kier alpha value is -2.14. The molecule has 142 valence electrons. The molecule has 0 aliphatic carbocycles. The summed E-state index contributed by atoms with van der Waals surface area (Å²) in [7, 11) is 0. The number of nitrogens with zero attached hydrogens (tertiary/aromatic N) is 1. The Kier molecular flexibility index (Phi) is 5.81. The molecule has 0 bridgehead atoms. The third-order valence-electron chi connectivity index (χ3n) is 4.47. The topological polar surface area (TPSA) is 29.5 Å². The molecule has 3 nitrogen and oxygen atoms in total. The van der Waals surface area contributed by atoms with Crippen LogP contribution in [0.25, 0.3) is 0 Å². The molecule has 0 aromatic heterocycles. The number of hydrogen-bond acceptors (Lipinski definition) is 3. The Morgan fingerprint density at radius 1 is 1.00 bits per heavy atom. The summed E-state index contributed by atoms with van der Waals surface area (Å²) < 4.78 is 5.97. The van der Waals surface area contributed by atoms with Crippen molar-refractivity contribution in [1.29, 1.82) is 0 Å². The highest BCUT2D eigenvalue weighted by Gasteiger charge is 2.33. The zero-order valence-corrected chi connectivity index (χ0v) is 17.2. The fourth-order valence-corrected chi connectivity index (χ4v) is 5.01. The van der Waals surface area contributed by atoms with E-state index in [1.54, 1.807) is 30.0 Å². The van der Waals surface area contributed by atoms with E-state index in [0.29, 0.717) is 33.7 Å². The van der Waals surface area contributed by atoms with E-state index in [9.17, 15) is 4.79 Å². The van der Waals surface area contributed by atoms with Crippen LogP contribution >= 0.6 is 35.0 Å². The van der Waals surface area contributed by atoms with Crippen molar-refractivity contribution >= 4 is 40.9 Å². The largest absolute Gasteiger partial charge is 0.457 e. The van der Waals surface area contributed by atoms with Crippen LogP contribution in [-0.4, -0.2) is 23.1 Å². The standard InChI is InChI=1S/C22H17Cl2NO2S/c23-15-10-11-17(19(24)14-15)22-25(12-13-28-22)21(26)18-8-4-5-9-20(18)27-16-6-2-1-3-7-16/h1-11,14,22H,12-13H2. The van der Waals surface area contributed by atoms with Crippen molar-refractivity contribution in [3.8, 4) is 11.5 Å². The predicted octanol–water partition coefficient (Wildman–Crippen LogP) is 6.67. The zero-order valence-electron chi connectivity index (χ0n) is 14.8. The second kappa shape index (κ2) is 8.48. The van der Waals surface area contributed by atoms with Crippen LogP contribution in [0.2, 0.25) is 10.0 Å². The molecule has 0 N–H and O–H groups in total. The minimum Gasteiger partial charge on any atom is -0.457 e. The summed E-state index contributed by atoms with van der Waals surface area (Å²) in [5, 5.41) is 0.997. The number of amides is 1. The van der Waals surface area contributed by atoms with Crippen molar-refractivity contribution in [3.63, 3.8) is 0 Å². The van der Waals surface area contributed by atoms with Crippen LogP contribution in [0.5, 0.6) is 11.5 Å². The first-order valence-corrected chi connectivity index (χ1v) is 10.6. The smallest absolute Gasteiger partial charge is 0.258 e. The lowest BCUT2D eigenvalue weighted by Crippen LogP contribution is -2.30. The predicted molar refractivity (Wildman–Crippen MR) is 116 cm³/mol. The number of ether oxygens (including phenoxy) is 1. The van der Waals surface area contributed by atoms with Gasteiger partial charge in [-0.1, -0.05) is 59.6 Å². The summed E-state index contributed by atoms with van der Waals surface area (Å²) in [6, 6.07) is 22.2.